The summed E-state index contributed by atoms with van der Waals surface area (Å²) in [4.78, 5) is 21.7. The lowest BCUT2D eigenvalue weighted by Gasteiger charge is -2.59. The van der Waals surface area contributed by atoms with E-state index in [1.165, 1.54) is 18.9 Å². The van der Waals surface area contributed by atoms with Gasteiger partial charge in [0.25, 0.3) is 0 Å². The molecule has 3 heterocycles. The average molecular weight is 484 g/mol. The number of urea groups is 1. The number of hydrogen-bond acceptors (Lipinski definition) is 4. The van der Waals surface area contributed by atoms with Crippen LogP contribution in [-0.4, -0.2) is 62.9 Å². The first kappa shape index (κ1) is 21.6. The number of hydrogen-bond donors (Lipinski definition) is 0. The number of benzene rings is 1. The molecule has 186 valence electrons. The largest absolute Gasteiger partial charge is 0.490 e. The van der Waals surface area contributed by atoms with E-state index in [2.05, 4.69) is 17.0 Å². The van der Waals surface area contributed by atoms with Crippen molar-refractivity contribution in [2.24, 2.45) is 16.7 Å². The topological polar surface area (TPSA) is 63.5 Å². The van der Waals surface area contributed by atoms with Crippen LogP contribution in [-0.2, 0) is 0 Å². The minimum atomic E-state index is -0.891. The minimum Gasteiger partial charge on any atom is -0.490 e. The summed E-state index contributed by atoms with van der Waals surface area (Å²) in [5, 5.41) is 4.69. The minimum absolute atomic E-state index is 0.00459. The number of likely N-dealkylation sites (tertiary alicyclic amines) is 2. The van der Waals surface area contributed by atoms with Gasteiger partial charge in [-0.1, -0.05) is 6.92 Å². The van der Waals surface area contributed by atoms with Gasteiger partial charge in [-0.3, -0.25) is 0 Å². The van der Waals surface area contributed by atoms with Crippen molar-refractivity contribution in [2.75, 3.05) is 26.2 Å². The first-order valence-corrected chi connectivity index (χ1v) is 12.9. The van der Waals surface area contributed by atoms with Crippen molar-refractivity contribution in [1.82, 2.24) is 24.6 Å². The Kier molecular flexibility index (Phi) is 4.56. The highest BCUT2D eigenvalue weighted by atomic mass is 19.2. The van der Waals surface area contributed by atoms with Crippen molar-refractivity contribution < 1.29 is 18.3 Å². The molecule has 0 radical (unpaired) electrons. The van der Waals surface area contributed by atoms with Crippen LogP contribution in [0.15, 0.2) is 24.5 Å². The Balaban J connectivity index is 0.905. The number of halogens is 2. The molecule has 0 N–H and O–H groups in total. The normalized spacial score (nSPS) is 31.4. The fraction of sp³-hybridized carbons (Fsp3) is 0.654. The van der Waals surface area contributed by atoms with Crippen LogP contribution in [0.2, 0.25) is 0 Å². The van der Waals surface area contributed by atoms with Crippen molar-refractivity contribution in [3.8, 4) is 5.75 Å². The van der Waals surface area contributed by atoms with E-state index in [4.69, 9.17) is 4.74 Å². The molecule has 3 saturated carbocycles. The average Bonchev–Trinajstić information content (AvgIpc) is 3.29. The van der Waals surface area contributed by atoms with E-state index in [9.17, 15) is 13.6 Å². The number of nitrogens with zero attached hydrogens (tertiary/aromatic N) is 5. The molecular weight excluding hydrogens is 452 g/mol. The van der Waals surface area contributed by atoms with Crippen LogP contribution in [0.3, 0.4) is 0 Å². The summed E-state index contributed by atoms with van der Waals surface area (Å²) in [6.45, 7) is 5.37. The highest BCUT2D eigenvalue weighted by Crippen LogP contribution is 2.55. The third-order valence-corrected chi connectivity index (χ3v) is 9.19. The Morgan fingerprint density at radius 1 is 1.09 bits per heavy atom. The summed E-state index contributed by atoms with van der Waals surface area (Å²) in [5.74, 6) is 0.549. The monoisotopic (exact) mass is 483 g/mol. The quantitative estimate of drug-likeness (QED) is 0.648. The van der Waals surface area contributed by atoms with Crippen LogP contribution in [0.4, 0.5) is 13.6 Å². The van der Waals surface area contributed by atoms with Crippen LogP contribution in [0.1, 0.15) is 63.2 Å². The number of aromatic nitrogens is 3. The molecule has 2 amide bonds. The molecule has 0 unspecified atom stereocenters. The zero-order chi connectivity index (χ0) is 23.9. The van der Waals surface area contributed by atoms with Gasteiger partial charge in [0.05, 0.1) is 12.1 Å². The van der Waals surface area contributed by atoms with E-state index < -0.39 is 11.6 Å². The Bertz CT molecular complexity index is 1170. The number of amides is 2. The lowest BCUT2D eigenvalue weighted by molar-refractivity contribution is -0.0737. The van der Waals surface area contributed by atoms with Crippen LogP contribution in [0.5, 0.6) is 5.75 Å². The smallest absolute Gasteiger partial charge is 0.320 e. The summed E-state index contributed by atoms with van der Waals surface area (Å²) in [7, 11) is 0. The van der Waals surface area contributed by atoms with Gasteiger partial charge in [0.2, 0.25) is 0 Å². The van der Waals surface area contributed by atoms with Crippen LogP contribution >= 0.6 is 0 Å². The van der Waals surface area contributed by atoms with E-state index in [1.54, 1.807) is 0 Å². The molecule has 2 aromatic rings. The standard InChI is InChI=1S/C26H31F2N5O2/c1-25-10-20(35-19-4-5-21(27)22(28)7-19)6-17(25)11-31(12-25)24(34)32-13-26(14-32)8-18(9-26)33-15-29-23(30-33)16-2-3-16/h4-5,7,15-18,20H,2-3,6,8-14H2,1H3/t17-,20+,25+/m1/s1. The van der Waals surface area contributed by atoms with E-state index in [0.29, 0.717) is 23.6 Å². The summed E-state index contributed by atoms with van der Waals surface area (Å²) < 4.78 is 34.7. The van der Waals surface area contributed by atoms with Gasteiger partial charge in [-0.05, 0) is 62.0 Å². The Labute approximate surface area is 203 Å². The number of carbonyl (C=O) groups excluding carboxylic acids is 1. The van der Waals surface area contributed by atoms with Crippen LogP contribution < -0.4 is 4.74 Å². The third kappa shape index (κ3) is 3.61. The van der Waals surface area contributed by atoms with Crippen molar-refractivity contribution in [3.63, 3.8) is 0 Å². The Morgan fingerprint density at radius 2 is 1.89 bits per heavy atom. The van der Waals surface area contributed by atoms with E-state index in [-0.39, 0.29) is 23.0 Å². The molecule has 3 atom stereocenters. The molecular formula is C26H31F2N5O2. The van der Waals surface area contributed by atoms with Crippen LogP contribution in [0, 0.1) is 28.4 Å². The van der Waals surface area contributed by atoms with Crippen molar-refractivity contribution in [3.05, 3.63) is 42.0 Å². The maximum Gasteiger partial charge on any atom is 0.320 e. The van der Waals surface area contributed by atoms with E-state index >= 15 is 0 Å². The molecule has 2 aliphatic heterocycles. The molecule has 35 heavy (non-hydrogen) atoms. The lowest BCUT2D eigenvalue weighted by atomic mass is 9.61. The van der Waals surface area contributed by atoms with Gasteiger partial charge in [0.15, 0.2) is 17.5 Å². The maximum absolute atomic E-state index is 13.5. The second kappa shape index (κ2) is 7.40. The number of carbonyl (C=O) groups is 1. The van der Waals surface area contributed by atoms with Crippen molar-refractivity contribution in [2.45, 2.75) is 63.5 Å². The Hall–Kier alpha value is -2.71. The van der Waals surface area contributed by atoms with E-state index in [0.717, 1.165) is 69.8 Å². The summed E-state index contributed by atoms with van der Waals surface area (Å²) in [6, 6.07) is 4.27. The molecule has 7 nitrogen and oxygen atoms in total. The van der Waals surface area contributed by atoms with Gasteiger partial charge in [-0.2, -0.15) is 5.10 Å². The molecule has 0 bridgehead atoms. The van der Waals surface area contributed by atoms with Gasteiger partial charge in [0, 0.05) is 43.6 Å². The van der Waals surface area contributed by atoms with Gasteiger partial charge < -0.3 is 14.5 Å². The molecule has 1 spiro atoms. The van der Waals surface area contributed by atoms with Crippen molar-refractivity contribution in [1.29, 1.82) is 0 Å². The highest BCUT2D eigenvalue weighted by molar-refractivity contribution is 5.76. The molecule has 1 aromatic heterocycles. The molecule has 2 saturated heterocycles. The maximum atomic E-state index is 13.5. The summed E-state index contributed by atoms with van der Waals surface area (Å²) in [6.07, 6.45) is 8.07. The number of fused-ring (bicyclic) bond motifs is 1. The fourth-order valence-corrected chi connectivity index (χ4v) is 7.08. The molecule has 9 heteroatoms. The second-order valence-electron chi connectivity index (χ2n) is 12.0. The number of rotatable bonds is 4. The second-order valence-corrected chi connectivity index (χ2v) is 12.0. The first-order chi connectivity index (χ1) is 16.8. The predicted molar refractivity (Wildman–Crippen MR) is 123 cm³/mol. The molecule has 1 aromatic carbocycles. The molecule has 7 rings (SSSR count). The number of ether oxygens (including phenoxy) is 1. The van der Waals surface area contributed by atoms with Gasteiger partial charge in [0.1, 0.15) is 12.1 Å². The van der Waals surface area contributed by atoms with Crippen molar-refractivity contribution >= 4 is 6.03 Å². The summed E-state index contributed by atoms with van der Waals surface area (Å²) in [5.41, 5.74) is 0.254. The fourth-order valence-electron chi connectivity index (χ4n) is 7.08. The molecule has 3 aliphatic carbocycles. The Morgan fingerprint density at radius 3 is 2.60 bits per heavy atom. The highest BCUT2D eigenvalue weighted by Gasteiger charge is 2.57. The molecule has 5 aliphatic rings. The van der Waals surface area contributed by atoms with Crippen LogP contribution in [0.25, 0.3) is 0 Å². The molecule has 5 fully saturated rings. The van der Waals surface area contributed by atoms with Gasteiger partial charge in [-0.15, -0.1) is 0 Å². The van der Waals surface area contributed by atoms with Gasteiger partial charge >= 0.3 is 6.03 Å². The summed E-state index contributed by atoms with van der Waals surface area (Å²) >= 11 is 0. The lowest BCUT2D eigenvalue weighted by Crippen LogP contribution is -2.65. The predicted octanol–water partition coefficient (Wildman–Crippen LogP) is 4.37. The van der Waals surface area contributed by atoms with Gasteiger partial charge in [-0.25, -0.2) is 23.2 Å². The third-order valence-electron chi connectivity index (χ3n) is 9.19. The zero-order valence-electron chi connectivity index (χ0n) is 20.0. The zero-order valence-corrected chi connectivity index (χ0v) is 20.0. The SMILES string of the molecule is C[C@@]12C[C@@H](Oc3ccc(F)c(F)c3)C[C@@H]1CN(C(=O)N1CC3(CC(n4cnc(C5CC5)n4)C3)C1)C2. The van der Waals surface area contributed by atoms with E-state index in [1.807, 2.05) is 20.8 Å². The first-order valence-electron chi connectivity index (χ1n) is 12.9.